The average Bonchev–Trinajstić information content (AvgIpc) is 2.31. The number of hydrogen-bond donors (Lipinski definition) is 1. The lowest BCUT2D eigenvalue weighted by Crippen LogP contribution is -2.10. The number of aryl methyl sites for hydroxylation is 1. The average molecular weight is 185 g/mol. The highest BCUT2D eigenvalue weighted by atomic mass is 32.1. The fourth-order valence-corrected chi connectivity index (χ4v) is 2.08. The highest BCUT2D eigenvalue weighted by Crippen LogP contribution is 2.22. The Hall–Kier alpha value is -0.380. The molecule has 1 rings (SSSR count). The SMILES string of the molecule is Cc1sc(CO)cc1CN(C)C. The van der Waals surface area contributed by atoms with Crippen LogP contribution in [0.4, 0.5) is 0 Å². The summed E-state index contributed by atoms with van der Waals surface area (Å²) in [5, 5.41) is 8.91. The first-order valence-electron chi connectivity index (χ1n) is 3.97. The first kappa shape index (κ1) is 9.71. The van der Waals surface area contributed by atoms with Crippen molar-refractivity contribution in [1.29, 1.82) is 0 Å². The summed E-state index contributed by atoms with van der Waals surface area (Å²) in [5.41, 5.74) is 1.33. The minimum atomic E-state index is 0.166. The molecule has 0 saturated carbocycles. The van der Waals surface area contributed by atoms with E-state index in [0.717, 1.165) is 11.4 Å². The maximum absolute atomic E-state index is 8.91. The summed E-state index contributed by atoms with van der Waals surface area (Å²) in [6.45, 7) is 3.23. The summed E-state index contributed by atoms with van der Waals surface area (Å²) in [4.78, 5) is 4.51. The van der Waals surface area contributed by atoms with Gasteiger partial charge in [0.1, 0.15) is 0 Å². The van der Waals surface area contributed by atoms with Gasteiger partial charge in [-0.05, 0) is 32.6 Å². The van der Waals surface area contributed by atoms with Gasteiger partial charge in [-0.3, -0.25) is 0 Å². The van der Waals surface area contributed by atoms with Gasteiger partial charge < -0.3 is 10.0 Å². The molecule has 0 unspecified atom stereocenters. The van der Waals surface area contributed by atoms with Gasteiger partial charge in [0.15, 0.2) is 0 Å². The van der Waals surface area contributed by atoms with E-state index in [4.69, 9.17) is 5.11 Å². The van der Waals surface area contributed by atoms with Crippen molar-refractivity contribution in [2.75, 3.05) is 14.1 Å². The third kappa shape index (κ3) is 2.30. The van der Waals surface area contributed by atoms with Crippen molar-refractivity contribution in [3.63, 3.8) is 0 Å². The quantitative estimate of drug-likeness (QED) is 0.773. The van der Waals surface area contributed by atoms with Crippen molar-refractivity contribution in [2.45, 2.75) is 20.1 Å². The monoisotopic (exact) mass is 185 g/mol. The van der Waals surface area contributed by atoms with Gasteiger partial charge >= 0.3 is 0 Å². The van der Waals surface area contributed by atoms with Gasteiger partial charge in [-0.15, -0.1) is 11.3 Å². The van der Waals surface area contributed by atoms with Crippen LogP contribution in [0.25, 0.3) is 0 Å². The Morgan fingerprint density at radius 3 is 2.58 bits per heavy atom. The van der Waals surface area contributed by atoms with Crippen LogP contribution in [0.1, 0.15) is 15.3 Å². The molecule has 0 aliphatic heterocycles. The lowest BCUT2D eigenvalue weighted by molar-refractivity contribution is 0.285. The lowest BCUT2D eigenvalue weighted by Gasteiger charge is -2.07. The maximum Gasteiger partial charge on any atom is 0.0774 e. The molecule has 3 heteroatoms. The van der Waals surface area contributed by atoms with Gasteiger partial charge in [-0.1, -0.05) is 0 Å². The first-order chi connectivity index (χ1) is 5.63. The molecule has 0 amide bonds. The fraction of sp³-hybridized carbons (Fsp3) is 0.556. The fourth-order valence-electron chi connectivity index (χ4n) is 1.16. The van der Waals surface area contributed by atoms with E-state index in [2.05, 4.69) is 32.0 Å². The molecule has 1 N–H and O–H groups in total. The number of hydrogen-bond acceptors (Lipinski definition) is 3. The Labute approximate surface area is 77.5 Å². The molecular formula is C9H15NOS. The van der Waals surface area contributed by atoms with E-state index < -0.39 is 0 Å². The van der Waals surface area contributed by atoms with Crippen molar-refractivity contribution in [1.82, 2.24) is 4.90 Å². The molecule has 0 aliphatic carbocycles. The molecule has 2 nitrogen and oxygen atoms in total. The van der Waals surface area contributed by atoms with Gasteiger partial charge in [0.2, 0.25) is 0 Å². The van der Waals surface area contributed by atoms with E-state index in [0.29, 0.717) is 0 Å². The Balaban J connectivity index is 2.77. The number of rotatable bonds is 3. The minimum Gasteiger partial charge on any atom is -0.391 e. The van der Waals surface area contributed by atoms with Crippen LogP contribution in [0.3, 0.4) is 0 Å². The second-order valence-electron chi connectivity index (χ2n) is 3.19. The number of aliphatic hydroxyl groups excluding tert-OH is 1. The highest BCUT2D eigenvalue weighted by Gasteiger charge is 2.04. The Bertz CT molecular complexity index is 255. The predicted octanol–water partition coefficient (Wildman–Crippen LogP) is 1.61. The molecule has 1 aromatic heterocycles. The summed E-state index contributed by atoms with van der Waals surface area (Å²) in [6.07, 6.45) is 0. The number of nitrogens with zero attached hydrogens (tertiary/aromatic N) is 1. The summed E-state index contributed by atoms with van der Waals surface area (Å²) < 4.78 is 0. The largest absolute Gasteiger partial charge is 0.391 e. The molecule has 0 spiro atoms. The summed E-state index contributed by atoms with van der Waals surface area (Å²) in [6, 6.07) is 2.08. The summed E-state index contributed by atoms with van der Waals surface area (Å²) in [7, 11) is 4.10. The zero-order valence-electron chi connectivity index (χ0n) is 7.79. The van der Waals surface area contributed by atoms with Crippen molar-refractivity contribution in [3.05, 3.63) is 21.4 Å². The van der Waals surface area contributed by atoms with E-state index in [1.807, 2.05) is 0 Å². The molecule has 12 heavy (non-hydrogen) atoms. The van der Waals surface area contributed by atoms with Crippen molar-refractivity contribution in [3.8, 4) is 0 Å². The normalized spacial score (nSPS) is 11.1. The van der Waals surface area contributed by atoms with E-state index in [1.165, 1.54) is 10.4 Å². The predicted molar refractivity (Wildman–Crippen MR) is 52.4 cm³/mol. The number of aliphatic hydroxyl groups is 1. The van der Waals surface area contributed by atoms with Crippen molar-refractivity contribution < 1.29 is 5.11 Å². The molecule has 0 fully saturated rings. The molecule has 0 atom stereocenters. The lowest BCUT2D eigenvalue weighted by atomic mass is 10.2. The van der Waals surface area contributed by atoms with Crippen molar-refractivity contribution >= 4 is 11.3 Å². The van der Waals surface area contributed by atoms with Crippen LogP contribution in [0.15, 0.2) is 6.07 Å². The third-order valence-corrected chi connectivity index (χ3v) is 2.79. The van der Waals surface area contributed by atoms with Crippen molar-refractivity contribution in [2.24, 2.45) is 0 Å². The molecule has 0 saturated heterocycles. The van der Waals surface area contributed by atoms with E-state index in [1.54, 1.807) is 11.3 Å². The van der Waals surface area contributed by atoms with Gasteiger partial charge in [0.05, 0.1) is 6.61 Å². The molecule has 0 radical (unpaired) electrons. The second kappa shape index (κ2) is 4.03. The Morgan fingerprint density at radius 1 is 1.50 bits per heavy atom. The van der Waals surface area contributed by atoms with Gasteiger partial charge in [0, 0.05) is 16.3 Å². The molecule has 0 aromatic carbocycles. The van der Waals surface area contributed by atoms with Crippen LogP contribution in [0, 0.1) is 6.92 Å². The van der Waals surface area contributed by atoms with E-state index in [9.17, 15) is 0 Å². The molecule has 0 bridgehead atoms. The molecule has 1 aromatic rings. The van der Waals surface area contributed by atoms with E-state index in [-0.39, 0.29) is 6.61 Å². The molecule has 0 aliphatic rings. The second-order valence-corrected chi connectivity index (χ2v) is 4.53. The van der Waals surface area contributed by atoms with Crippen LogP contribution in [-0.4, -0.2) is 24.1 Å². The number of thiophene rings is 1. The minimum absolute atomic E-state index is 0.166. The summed E-state index contributed by atoms with van der Waals surface area (Å²) >= 11 is 1.68. The van der Waals surface area contributed by atoms with Crippen LogP contribution in [-0.2, 0) is 13.2 Å². The van der Waals surface area contributed by atoms with Gasteiger partial charge in [0.25, 0.3) is 0 Å². The zero-order valence-corrected chi connectivity index (χ0v) is 8.61. The van der Waals surface area contributed by atoms with Gasteiger partial charge in [-0.2, -0.15) is 0 Å². The molecular weight excluding hydrogens is 170 g/mol. The van der Waals surface area contributed by atoms with Crippen LogP contribution in [0.2, 0.25) is 0 Å². The zero-order chi connectivity index (χ0) is 9.14. The Kier molecular flexibility index (Phi) is 3.26. The first-order valence-corrected chi connectivity index (χ1v) is 4.79. The maximum atomic E-state index is 8.91. The third-order valence-electron chi connectivity index (χ3n) is 1.71. The topological polar surface area (TPSA) is 23.5 Å². The smallest absolute Gasteiger partial charge is 0.0774 e. The van der Waals surface area contributed by atoms with Crippen LogP contribution >= 0.6 is 11.3 Å². The summed E-state index contributed by atoms with van der Waals surface area (Å²) in [5.74, 6) is 0. The Morgan fingerprint density at radius 2 is 2.17 bits per heavy atom. The van der Waals surface area contributed by atoms with Crippen LogP contribution in [0.5, 0.6) is 0 Å². The van der Waals surface area contributed by atoms with Gasteiger partial charge in [-0.25, -0.2) is 0 Å². The molecule has 1 heterocycles. The van der Waals surface area contributed by atoms with E-state index >= 15 is 0 Å². The van der Waals surface area contributed by atoms with Crippen LogP contribution < -0.4 is 0 Å². The highest BCUT2D eigenvalue weighted by molar-refractivity contribution is 7.12. The standard InChI is InChI=1S/C9H15NOS/c1-7-8(5-10(2)3)4-9(6-11)12-7/h4,11H,5-6H2,1-3H3. The molecule has 68 valence electrons.